The molecule has 0 radical (unpaired) electrons. The van der Waals surface area contributed by atoms with Crippen LogP contribution < -0.4 is 10.6 Å². The number of anilines is 1. The fourth-order valence-electron chi connectivity index (χ4n) is 1.73. The van der Waals surface area contributed by atoms with Gasteiger partial charge in [-0.1, -0.05) is 16.8 Å². The van der Waals surface area contributed by atoms with E-state index < -0.39 is 17.6 Å². The van der Waals surface area contributed by atoms with E-state index in [2.05, 4.69) is 20.8 Å². The number of nitrogens with zero attached hydrogens (tertiary/aromatic N) is 2. The molecule has 0 aliphatic heterocycles. The van der Waals surface area contributed by atoms with Crippen LogP contribution in [0.15, 0.2) is 22.7 Å². The van der Waals surface area contributed by atoms with Gasteiger partial charge in [0.1, 0.15) is 5.82 Å². The molecule has 1 aromatic heterocycles. The number of carbonyl (C=O) groups is 2. The molecule has 0 saturated heterocycles. The van der Waals surface area contributed by atoms with Crippen molar-refractivity contribution in [3.8, 4) is 0 Å². The highest BCUT2D eigenvalue weighted by molar-refractivity contribution is 6.41. The first kappa shape index (κ1) is 16.9. The van der Waals surface area contributed by atoms with Gasteiger partial charge < -0.3 is 15.2 Å². The van der Waals surface area contributed by atoms with Crippen molar-refractivity contribution in [2.24, 2.45) is 0 Å². The van der Waals surface area contributed by atoms with E-state index in [1.54, 1.807) is 6.92 Å². The lowest BCUT2D eigenvalue weighted by molar-refractivity contribution is -0.136. The van der Waals surface area contributed by atoms with Crippen LogP contribution in [0.4, 0.5) is 10.1 Å². The summed E-state index contributed by atoms with van der Waals surface area (Å²) in [4.78, 5) is 27.4. The first-order valence-electron chi connectivity index (χ1n) is 6.79. The predicted octanol–water partition coefficient (Wildman–Crippen LogP) is 1.86. The second-order valence-corrected chi connectivity index (χ2v) is 5.08. The Morgan fingerprint density at radius 2 is 2.13 bits per heavy atom. The number of benzene rings is 1. The smallest absolute Gasteiger partial charge is 0.313 e. The van der Waals surface area contributed by atoms with Crippen molar-refractivity contribution in [2.45, 2.75) is 19.8 Å². The van der Waals surface area contributed by atoms with Crippen molar-refractivity contribution in [3.63, 3.8) is 0 Å². The topological polar surface area (TPSA) is 97.1 Å². The third-order valence-electron chi connectivity index (χ3n) is 2.81. The van der Waals surface area contributed by atoms with Crippen LogP contribution in [0.5, 0.6) is 0 Å². The first-order chi connectivity index (χ1) is 11.0. The maximum atomic E-state index is 12.9. The minimum Gasteiger partial charge on any atom is -0.348 e. The molecule has 2 rings (SSSR count). The summed E-state index contributed by atoms with van der Waals surface area (Å²) in [5.74, 6) is -1.22. The van der Waals surface area contributed by atoms with Crippen LogP contribution in [0, 0.1) is 12.7 Å². The number of aryl methyl sites for hydroxylation is 2. The SMILES string of the molecule is Cc1noc(CCCNC(=O)C(=O)Nc2ccc(F)cc2Cl)n1. The first-order valence-corrected chi connectivity index (χ1v) is 7.17. The van der Waals surface area contributed by atoms with Gasteiger partial charge in [-0.2, -0.15) is 4.98 Å². The Hall–Kier alpha value is -2.48. The summed E-state index contributed by atoms with van der Waals surface area (Å²) >= 11 is 5.77. The average Bonchev–Trinajstić information content (AvgIpc) is 2.91. The molecule has 0 aliphatic rings. The summed E-state index contributed by atoms with van der Waals surface area (Å²) in [6.45, 7) is 1.98. The Balaban J connectivity index is 1.75. The molecule has 0 saturated carbocycles. The standard InChI is InChI=1S/C14H14ClFN4O3/c1-8-18-12(23-20-8)3-2-6-17-13(21)14(22)19-11-5-4-9(16)7-10(11)15/h4-5,7H,2-3,6H2,1H3,(H,17,21)(H,19,22). The molecule has 1 aromatic carbocycles. The lowest BCUT2D eigenvalue weighted by Crippen LogP contribution is -2.36. The van der Waals surface area contributed by atoms with E-state index in [4.69, 9.17) is 16.1 Å². The quantitative estimate of drug-likeness (QED) is 0.639. The fraction of sp³-hybridized carbons (Fsp3) is 0.286. The van der Waals surface area contributed by atoms with E-state index in [0.29, 0.717) is 24.6 Å². The Kier molecular flexibility index (Phi) is 5.64. The van der Waals surface area contributed by atoms with Crippen LogP contribution in [0.1, 0.15) is 18.1 Å². The van der Waals surface area contributed by atoms with E-state index in [1.807, 2.05) is 0 Å². The molecule has 1 heterocycles. The molecular weight excluding hydrogens is 327 g/mol. The fourth-order valence-corrected chi connectivity index (χ4v) is 1.95. The van der Waals surface area contributed by atoms with E-state index in [1.165, 1.54) is 6.07 Å². The predicted molar refractivity (Wildman–Crippen MR) is 80.4 cm³/mol. The van der Waals surface area contributed by atoms with E-state index >= 15 is 0 Å². The van der Waals surface area contributed by atoms with Crippen molar-refractivity contribution < 1.29 is 18.5 Å². The minimum absolute atomic E-state index is 0.0120. The normalized spacial score (nSPS) is 10.4. The lowest BCUT2D eigenvalue weighted by atomic mass is 10.3. The number of hydrogen-bond acceptors (Lipinski definition) is 5. The van der Waals surface area contributed by atoms with E-state index in [-0.39, 0.29) is 17.3 Å². The number of halogens is 2. The molecule has 2 N–H and O–H groups in total. The van der Waals surface area contributed by atoms with E-state index in [9.17, 15) is 14.0 Å². The second kappa shape index (κ2) is 7.68. The van der Waals surface area contributed by atoms with Gasteiger partial charge in [-0.15, -0.1) is 0 Å². The summed E-state index contributed by atoms with van der Waals surface area (Å²) < 4.78 is 17.8. The molecule has 2 amide bonds. The number of nitrogens with one attached hydrogen (secondary N) is 2. The monoisotopic (exact) mass is 340 g/mol. The number of amides is 2. The minimum atomic E-state index is -0.882. The molecule has 0 bridgehead atoms. The maximum absolute atomic E-state index is 12.9. The Morgan fingerprint density at radius 3 is 2.78 bits per heavy atom. The van der Waals surface area contributed by atoms with Crippen LogP contribution in [-0.4, -0.2) is 28.5 Å². The Labute approximate surface area is 136 Å². The average molecular weight is 341 g/mol. The molecule has 9 heteroatoms. The summed E-state index contributed by atoms with van der Waals surface area (Å²) in [5, 5.41) is 8.42. The molecular formula is C14H14ClFN4O3. The van der Waals surface area contributed by atoms with Gasteiger partial charge in [0.05, 0.1) is 10.7 Å². The van der Waals surface area contributed by atoms with Gasteiger partial charge in [-0.25, -0.2) is 4.39 Å². The van der Waals surface area contributed by atoms with Gasteiger partial charge in [-0.05, 0) is 31.5 Å². The van der Waals surface area contributed by atoms with Crippen LogP contribution in [0.3, 0.4) is 0 Å². The van der Waals surface area contributed by atoms with Gasteiger partial charge in [-0.3, -0.25) is 9.59 Å². The lowest BCUT2D eigenvalue weighted by Gasteiger charge is -2.07. The molecule has 0 atom stereocenters. The van der Waals surface area contributed by atoms with Crippen LogP contribution in [0.25, 0.3) is 0 Å². The third-order valence-corrected chi connectivity index (χ3v) is 3.12. The molecule has 0 fully saturated rings. The van der Waals surface area contributed by atoms with Crippen molar-refractivity contribution >= 4 is 29.1 Å². The highest BCUT2D eigenvalue weighted by Gasteiger charge is 2.15. The number of aromatic nitrogens is 2. The molecule has 7 nitrogen and oxygen atoms in total. The number of rotatable bonds is 5. The van der Waals surface area contributed by atoms with Gasteiger partial charge in [0.25, 0.3) is 0 Å². The molecule has 0 aliphatic carbocycles. The van der Waals surface area contributed by atoms with Crippen LogP contribution in [-0.2, 0) is 16.0 Å². The molecule has 23 heavy (non-hydrogen) atoms. The molecule has 2 aromatic rings. The second-order valence-electron chi connectivity index (χ2n) is 4.67. The summed E-state index contributed by atoms with van der Waals surface area (Å²) in [6, 6.07) is 3.45. The van der Waals surface area contributed by atoms with Crippen molar-refractivity contribution in [1.82, 2.24) is 15.5 Å². The highest BCUT2D eigenvalue weighted by Crippen LogP contribution is 2.22. The third kappa shape index (κ3) is 5.03. The van der Waals surface area contributed by atoms with Gasteiger partial charge >= 0.3 is 11.8 Å². The maximum Gasteiger partial charge on any atom is 0.313 e. The molecule has 0 unspecified atom stereocenters. The summed E-state index contributed by atoms with van der Waals surface area (Å²) in [6.07, 6.45) is 1.03. The van der Waals surface area contributed by atoms with Crippen LogP contribution >= 0.6 is 11.6 Å². The zero-order valence-corrected chi connectivity index (χ0v) is 13.0. The molecule has 122 valence electrons. The largest absolute Gasteiger partial charge is 0.348 e. The van der Waals surface area contributed by atoms with Gasteiger partial charge in [0, 0.05) is 13.0 Å². The summed E-state index contributed by atoms with van der Waals surface area (Å²) in [5.41, 5.74) is 0.162. The zero-order valence-electron chi connectivity index (χ0n) is 12.2. The van der Waals surface area contributed by atoms with Gasteiger partial charge in [0.15, 0.2) is 5.82 Å². The Bertz CT molecular complexity index is 720. The van der Waals surface area contributed by atoms with Crippen LogP contribution in [0.2, 0.25) is 5.02 Å². The van der Waals surface area contributed by atoms with Gasteiger partial charge in [0.2, 0.25) is 5.89 Å². The van der Waals surface area contributed by atoms with Crippen molar-refractivity contribution in [3.05, 3.63) is 40.8 Å². The highest BCUT2D eigenvalue weighted by atomic mass is 35.5. The molecule has 0 spiro atoms. The van der Waals surface area contributed by atoms with Crippen molar-refractivity contribution in [2.75, 3.05) is 11.9 Å². The summed E-state index contributed by atoms with van der Waals surface area (Å²) in [7, 11) is 0. The van der Waals surface area contributed by atoms with Crippen molar-refractivity contribution in [1.29, 1.82) is 0 Å². The Morgan fingerprint density at radius 1 is 1.35 bits per heavy atom. The van der Waals surface area contributed by atoms with E-state index in [0.717, 1.165) is 12.1 Å². The number of hydrogen-bond donors (Lipinski definition) is 2. The zero-order chi connectivity index (χ0) is 16.8. The number of carbonyl (C=O) groups excluding carboxylic acids is 2.